The molecule has 1 aliphatic heterocycles. The van der Waals surface area contributed by atoms with Crippen LogP contribution in [-0.2, 0) is 0 Å². The van der Waals surface area contributed by atoms with Crippen LogP contribution < -0.4 is 21.3 Å². The summed E-state index contributed by atoms with van der Waals surface area (Å²) in [5.74, 6) is -0.175. The van der Waals surface area contributed by atoms with Gasteiger partial charge in [0.25, 0.3) is 5.91 Å². The third-order valence-corrected chi connectivity index (χ3v) is 3.76. The van der Waals surface area contributed by atoms with Gasteiger partial charge in [-0.25, -0.2) is 4.79 Å². The van der Waals surface area contributed by atoms with Gasteiger partial charge in [-0.15, -0.1) is 12.4 Å². The molecule has 3 amide bonds. The second kappa shape index (κ2) is 10.9. The summed E-state index contributed by atoms with van der Waals surface area (Å²) in [6.07, 6.45) is 0. The fourth-order valence-electron chi connectivity index (χ4n) is 2.57. The molecule has 1 heterocycles. The van der Waals surface area contributed by atoms with Gasteiger partial charge in [0.15, 0.2) is 0 Å². The molecule has 1 aliphatic rings. The second-order valence-electron chi connectivity index (χ2n) is 6.15. The lowest BCUT2D eigenvalue weighted by Crippen LogP contribution is -2.46. The van der Waals surface area contributed by atoms with Crippen LogP contribution in [0.5, 0.6) is 0 Å². The smallest absolute Gasteiger partial charge is 0.319 e. The van der Waals surface area contributed by atoms with Crippen LogP contribution in [0.3, 0.4) is 0 Å². The minimum absolute atomic E-state index is 0. The topological polar surface area (TPSA) is 85.5 Å². The molecule has 2 rings (SSSR count). The van der Waals surface area contributed by atoms with E-state index in [4.69, 9.17) is 0 Å². The summed E-state index contributed by atoms with van der Waals surface area (Å²) >= 11 is 0. The average Bonchev–Trinajstić information content (AvgIpc) is 2.55. The number of anilines is 1. The SMILES string of the molecule is CC(C)NC(=O)Nc1ccccc1C(=O)NCCN1CCNCC1.Cl. The van der Waals surface area contributed by atoms with Gasteiger partial charge < -0.3 is 21.3 Å². The average molecular weight is 370 g/mol. The van der Waals surface area contributed by atoms with Gasteiger partial charge in [-0.05, 0) is 26.0 Å². The number of carbonyl (C=O) groups excluding carboxylic acids is 2. The van der Waals surface area contributed by atoms with Crippen LogP contribution in [0.15, 0.2) is 24.3 Å². The van der Waals surface area contributed by atoms with Crippen molar-refractivity contribution in [2.45, 2.75) is 19.9 Å². The highest BCUT2D eigenvalue weighted by Crippen LogP contribution is 2.14. The van der Waals surface area contributed by atoms with Crippen molar-refractivity contribution in [2.24, 2.45) is 0 Å². The van der Waals surface area contributed by atoms with E-state index in [2.05, 4.69) is 26.2 Å². The number of piperazine rings is 1. The highest BCUT2D eigenvalue weighted by molar-refractivity contribution is 6.03. The molecule has 1 aromatic carbocycles. The van der Waals surface area contributed by atoms with E-state index in [9.17, 15) is 9.59 Å². The Kier molecular flexibility index (Phi) is 9.26. The summed E-state index contributed by atoms with van der Waals surface area (Å²) in [5.41, 5.74) is 0.979. The van der Waals surface area contributed by atoms with Gasteiger partial charge in [-0.1, -0.05) is 12.1 Å². The summed E-state index contributed by atoms with van der Waals surface area (Å²) in [7, 11) is 0. The molecule has 0 radical (unpaired) electrons. The summed E-state index contributed by atoms with van der Waals surface area (Å²) in [5, 5.41) is 11.7. The molecule has 0 saturated carbocycles. The van der Waals surface area contributed by atoms with Gasteiger partial charge in [0.2, 0.25) is 0 Å². The number of hydrogen-bond acceptors (Lipinski definition) is 4. The third-order valence-electron chi connectivity index (χ3n) is 3.76. The third kappa shape index (κ3) is 7.29. The van der Waals surface area contributed by atoms with Crippen molar-refractivity contribution in [3.8, 4) is 0 Å². The fraction of sp³-hybridized carbons (Fsp3) is 0.529. The Balaban J connectivity index is 0.00000312. The standard InChI is InChI=1S/C17H27N5O2.ClH/c1-13(2)20-17(24)21-15-6-4-3-5-14(15)16(23)19-9-12-22-10-7-18-8-11-22;/h3-6,13,18H,7-12H2,1-2H3,(H,19,23)(H2,20,21,24);1H. The molecule has 0 unspecified atom stereocenters. The molecule has 4 N–H and O–H groups in total. The Morgan fingerprint density at radius 1 is 1.20 bits per heavy atom. The Hall–Kier alpha value is -1.83. The normalized spacial score (nSPS) is 14.5. The maximum atomic E-state index is 12.4. The molecular formula is C17H28ClN5O2. The van der Waals surface area contributed by atoms with Crippen molar-refractivity contribution < 1.29 is 9.59 Å². The Labute approximate surface area is 155 Å². The van der Waals surface area contributed by atoms with Crippen LogP contribution in [0, 0.1) is 0 Å². The number of halogens is 1. The molecule has 0 atom stereocenters. The largest absolute Gasteiger partial charge is 0.351 e. The summed E-state index contributed by atoms with van der Waals surface area (Å²) in [6, 6.07) is 6.74. The highest BCUT2D eigenvalue weighted by atomic mass is 35.5. The second-order valence-corrected chi connectivity index (χ2v) is 6.15. The lowest BCUT2D eigenvalue weighted by Gasteiger charge is -2.27. The molecule has 0 bridgehead atoms. The van der Waals surface area contributed by atoms with Crippen molar-refractivity contribution in [2.75, 3.05) is 44.6 Å². The predicted octanol–water partition coefficient (Wildman–Crippen LogP) is 1.27. The summed E-state index contributed by atoms with van der Waals surface area (Å²) in [4.78, 5) is 26.6. The number of rotatable bonds is 6. The van der Waals surface area contributed by atoms with Crippen molar-refractivity contribution >= 4 is 30.0 Å². The first-order valence-corrected chi connectivity index (χ1v) is 8.44. The number of nitrogens with one attached hydrogen (secondary N) is 4. The minimum atomic E-state index is -0.314. The van der Waals surface area contributed by atoms with Gasteiger partial charge in [0.1, 0.15) is 0 Å². The maximum Gasteiger partial charge on any atom is 0.319 e. The van der Waals surface area contributed by atoms with Crippen molar-refractivity contribution in [3.63, 3.8) is 0 Å². The van der Waals surface area contributed by atoms with E-state index < -0.39 is 0 Å². The summed E-state index contributed by atoms with van der Waals surface area (Å²) in [6.45, 7) is 9.18. The first-order valence-electron chi connectivity index (χ1n) is 8.44. The number of urea groups is 1. The summed E-state index contributed by atoms with van der Waals surface area (Å²) < 4.78 is 0. The molecule has 8 heteroatoms. The quantitative estimate of drug-likeness (QED) is 0.608. The van der Waals surface area contributed by atoms with Crippen molar-refractivity contribution in [1.29, 1.82) is 0 Å². The molecule has 1 aromatic rings. The Morgan fingerprint density at radius 3 is 2.56 bits per heavy atom. The molecule has 0 spiro atoms. The monoisotopic (exact) mass is 369 g/mol. The molecule has 1 fully saturated rings. The van der Waals surface area contributed by atoms with E-state index in [0.717, 1.165) is 32.7 Å². The number of carbonyl (C=O) groups is 2. The number of benzene rings is 1. The molecule has 7 nitrogen and oxygen atoms in total. The number of nitrogens with zero attached hydrogens (tertiary/aromatic N) is 1. The predicted molar refractivity (Wildman–Crippen MR) is 103 cm³/mol. The van der Waals surface area contributed by atoms with E-state index in [0.29, 0.717) is 17.8 Å². The van der Waals surface area contributed by atoms with Crippen molar-refractivity contribution in [3.05, 3.63) is 29.8 Å². The molecule has 140 valence electrons. The molecule has 0 aliphatic carbocycles. The molecule has 25 heavy (non-hydrogen) atoms. The maximum absolute atomic E-state index is 12.4. The minimum Gasteiger partial charge on any atom is -0.351 e. The number of para-hydroxylation sites is 1. The lowest BCUT2D eigenvalue weighted by molar-refractivity contribution is 0.0948. The van der Waals surface area contributed by atoms with Crippen LogP contribution in [0.1, 0.15) is 24.2 Å². The van der Waals surface area contributed by atoms with Crippen LogP contribution in [0.2, 0.25) is 0 Å². The number of amides is 3. The van der Waals surface area contributed by atoms with Gasteiger partial charge in [-0.3, -0.25) is 9.69 Å². The van der Waals surface area contributed by atoms with Crippen LogP contribution in [-0.4, -0.2) is 62.1 Å². The van der Waals surface area contributed by atoms with E-state index >= 15 is 0 Å². The molecular weight excluding hydrogens is 342 g/mol. The van der Waals surface area contributed by atoms with Crippen LogP contribution in [0.25, 0.3) is 0 Å². The van der Waals surface area contributed by atoms with Crippen LogP contribution in [0.4, 0.5) is 10.5 Å². The zero-order valence-corrected chi connectivity index (χ0v) is 15.6. The van der Waals surface area contributed by atoms with E-state index in [1.165, 1.54) is 0 Å². The van der Waals surface area contributed by atoms with E-state index in [-0.39, 0.29) is 30.4 Å². The highest BCUT2D eigenvalue weighted by Gasteiger charge is 2.14. The van der Waals surface area contributed by atoms with Crippen molar-refractivity contribution in [1.82, 2.24) is 20.9 Å². The van der Waals surface area contributed by atoms with Gasteiger partial charge in [0.05, 0.1) is 11.3 Å². The Bertz CT molecular complexity index is 562. The Morgan fingerprint density at radius 2 is 1.88 bits per heavy atom. The van der Waals surface area contributed by atoms with Gasteiger partial charge in [-0.2, -0.15) is 0 Å². The van der Waals surface area contributed by atoms with Gasteiger partial charge >= 0.3 is 6.03 Å². The lowest BCUT2D eigenvalue weighted by atomic mass is 10.1. The van der Waals surface area contributed by atoms with Crippen LogP contribution >= 0.6 is 12.4 Å². The zero-order chi connectivity index (χ0) is 17.4. The molecule has 1 saturated heterocycles. The van der Waals surface area contributed by atoms with E-state index in [1.54, 1.807) is 24.3 Å². The molecule has 0 aromatic heterocycles. The van der Waals surface area contributed by atoms with E-state index in [1.807, 2.05) is 13.8 Å². The fourth-order valence-corrected chi connectivity index (χ4v) is 2.57. The van der Waals surface area contributed by atoms with Gasteiger partial charge in [0, 0.05) is 45.3 Å². The first-order chi connectivity index (χ1) is 11.6. The number of hydrogen-bond donors (Lipinski definition) is 4. The first kappa shape index (κ1) is 21.2. The zero-order valence-electron chi connectivity index (χ0n) is 14.8.